The van der Waals surface area contributed by atoms with Crippen LogP contribution < -0.4 is 5.32 Å². The third kappa shape index (κ3) is 7.05. The zero-order valence-corrected chi connectivity index (χ0v) is 11.6. The van der Waals surface area contributed by atoms with Gasteiger partial charge in [-0.15, -0.1) is 11.8 Å². The smallest absolute Gasteiger partial charge is 0.230 e. The number of carbonyl (C=O) groups excluding carboxylic acids is 1. The summed E-state index contributed by atoms with van der Waals surface area (Å²) >= 11 is 1.67. The summed E-state index contributed by atoms with van der Waals surface area (Å²) in [6.45, 7) is 7.05. The molecule has 4 nitrogen and oxygen atoms in total. The molecule has 2 N–H and O–H groups in total. The number of hydrogen-bond acceptors (Lipinski definition) is 3. The number of hydrogen-bond donors (Lipinski definition) is 2. The average molecular weight is 255 g/mol. The third-order valence-electron chi connectivity index (χ3n) is 2.10. The molecule has 0 atom stereocenters. The molecule has 0 aliphatic rings. The van der Waals surface area contributed by atoms with Crippen molar-refractivity contribution in [1.82, 2.24) is 15.3 Å². The van der Waals surface area contributed by atoms with Gasteiger partial charge in [0, 0.05) is 30.1 Å². The lowest BCUT2D eigenvalue weighted by Crippen LogP contribution is -2.28. The van der Waals surface area contributed by atoms with Crippen molar-refractivity contribution in [2.75, 3.05) is 12.3 Å². The molecule has 0 radical (unpaired) electrons. The van der Waals surface area contributed by atoms with Crippen LogP contribution in [0.15, 0.2) is 12.4 Å². The maximum absolute atomic E-state index is 11.5. The van der Waals surface area contributed by atoms with E-state index in [2.05, 4.69) is 36.1 Å². The number of aryl methyl sites for hydroxylation is 1. The highest BCUT2D eigenvalue weighted by Gasteiger charge is 2.12. The summed E-state index contributed by atoms with van der Waals surface area (Å²) in [6.07, 6.45) is 5.35. The largest absolute Gasteiger partial charge is 0.355 e. The van der Waals surface area contributed by atoms with Gasteiger partial charge >= 0.3 is 0 Å². The van der Waals surface area contributed by atoms with Gasteiger partial charge in [0.05, 0.1) is 5.75 Å². The number of carbonyl (C=O) groups is 1. The highest BCUT2D eigenvalue weighted by molar-refractivity contribution is 8.01. The van der Waals surface area contributed by atoms with E-state index in [9.17, 15) is 4.79 Å². The summed E-state index contributed by atoms with van der Waals surface area (Å²) in [5.74, 6) is 1.62. The molecule has 1 aromatic rings. The van der Waals surface area contributed by atoms with E-state index in [4.69, 9.17) is 0 Å². The molecule has 0 spiro atoms. The first-order valence-electron chi connectivity index (χ1n) is 5.86. The molecule has 1 rings (SSSR count). The van der Waals surface area contributed by atoms with Crippen LogP contribution in [0.2, 0.25) is 0 Å². The predicted molar refractivity (Wildman–Crippen MR) is 72.1 cm³/mol. The summed E-state index contributed by atoms with van der Waals surface area (Å²) in [5, 5.41) is 2.92. The first-order chi connectivity index (χ1) is 7.97. The van der Waals surface area contributed by atoms with Crippen LogP contribution >= 0.6 is 11.8 Å². The summed E-state index contributed by atoms with van der Waals surface area (Å²) in [7, 11) is 0. The van der Waals surface area contributed by atoms with Crippen molar-refractivity contribution in [2.45, 2.75) is 38.4 Å². The van der Waals surface area contributed by atoms with Gasteiger partial charge in [-0.3, -0.25) is 4.79 Å². The quantitative estimate of drug-likeness (QED) is 0.764. The lowest BCUT2D eigenvalue weighted by Gasteiger charge is -2.16. The van der Waals surface area contributed by atoms with Crippen molar-refractivity contribution in [3.05, 3.63) is 18.2 Å². The fraction of sp³-hybridized carbons (Fsp3) is 0.667. The SMILES string of the molecule is CC(C)(C)SCC(=O)NCCCc1ncc[nH]1. The fourth-order valence-corrected chi connectivity index (χ4v) is 1.92. The van der Waals surface area contributed by atoms with Gasteiger partial charge in [-0.2, -0.15) is 0 Å². The Hall–Kier alpha value is -0.970. The fourth-order valence-electron chi connectivity index (χ4n) is 1.25. The normalized spacial score (nSPS) is 11.5. The number of H-pyrrole nitrogens is 1. The van der Waals surface area contributed by atoms with Gasteiger partial charge in [0.25, 0.3) is 0 Å². The maximum Gasteiger partial charge on any atom is 0.230 e. The second-order valence-electron chi connectivity index (χ2n) is 4.89. The zero-order valence-electron chi connectivity index (χ0n) is 10.7. The van der Waals surface area contributed by atoms with Gasteiger partial charge < -0.3 is 10.3 Å². The number of aromatic amines is 1. The van der Waals surface area contributed by atoms with E-state index < -0.39 is 0 Å². The number of nitrogens with one attached hydrogen (secondary N) is 2. The first kappa shape index (κ1) is 14.1. The lowest BCUT2D eigenvalue weighted by atomic mass is 10.3. The second kappa shape index (κ2) is 6.69. The molecule has 1 amide bonds. The molecular weight excluding hydrogens is 234 g/mol. The topological polar surface area (TPSA) is 57.8 Å². The van der Waals surface area contributed by atoms with Crippen molar-refractivity contribution < 1.29 is 4.79 Å². The Kier molecular flexibility index (Phi) is 5.55. The molecule has 0 unspecified atom stereocenters. The lowest BCUT2D eigenvalue weighted by molar-refractivity contribution is -0.118. The van der Waals surface area contributed by atoms with Gasteiger partial charge in [0.15, 0.2) is 0 Å². The molecule has 96 valence electrons. The molecule has 0 saturated carbocycles. The van der Waals surface area contributed by atoms with E-state index >= 15 is 0 Å². The van der Waals surface area contributed by atoms with Crippen LogP contribution in [0.25, 0.3) is 0 Å². The minimum absolute atomic E-state index is 0.115. The molecule has 0 aliphatic carbocycles. The van der Waals surface area contributed by atoms with Crippen molar-refractivity contribution in [3.63, 3.8) is 0 Å². The van der Waals surface area contributed by atoms with E-state index in [0.29, 0.717) is 12.3 Å². The summed E-state index contributed by atoms with van der Waals surface area (Å²) < 4.78 is 0.144. The van der Waals surface area contributed by atoms with Gasteiger partial charge in [-0.1, -0.05) is 20.8 Å². The number of imidazole rings is 1. The standard InChI is InChI=1S/C12H21N3OS/c1-12(2,3)17-9-11(16)15-6-4-5-10-13-7-8-14-10/h7-8H,4-6,9H2,1-3H3,(H,13,14)(H,15,16). The van der Waals surface area contributed by atoms with Crippen molar-refractivity contribution >= 4 is 17.7 Å². The van der Waals surface area contributed by atoms with Gasteiger partial charge in [-0.05, 0) is 6.42 Å². The third-order valence-corrected chi connectivity index (χ3v) is 3.38. The van der Waals surface area contributed by atoms with E-state index in [1.807, 2.05) is 6.20 Å². The highest BCUT2D eigenvalue weighted by Crippen LogP contribution is 2.22. The number of thioether (sulfide) groups is 1. The molecule has 0 fully saturated rings. The Morgan fingerprint density at radius 1 is 1.53 bits per heavy atom. The van der Waals surface area contributed by atoms with Crippen LogP contribution in [-0.4, -0.2) is 32.9 Å². The molecule has 0 saturated heterocycles. The predicted octanol–water partition coefficient (Wildman–Crippen LogP) is 1.99. The van der Waals surface area contributed by atoms with Gasteiger partial charge in [0.2, 0.25) is 5.91 Å². The van der Waals surface area contributed by atoms with Crippen LogP contribution in [0.5, 0.6) is 0 Å². The number of nitrogens with zero attached hydrogens (tertiary/aromatic N) is 1. The van der Waals surface area contributed by atoms with E-state index in [-0.39, 0.29) is 10.7 Å². The van der Waals surface area contributed by atoms with Gasteiger partial charge in [0.1, 0.15) is 5.82 Å². The Labute approximate surface area is 107 Å². The molecule has 0 bridgehead atoms. The van der Waals surface area contributed by atoms with E-state index in [1.54, 1.807) is 18.0 Å². The molecule has 17 heavy (non-hydrogen) atoms. The average Bonchev–Trinajstić information content (AvgIpc) is 2.73. The molecular formula is C12H21N3OS. The Morgan fingerprint density at radius 2 is 2.29 bits per heavy atom. The van der Waals surface area contributed by atoms with Crippen LogP contribution in [0.3, 0.4) is 0 Å². The minimum Gasteiger partial charge on any atom is -0.355 e. The Balaban J connectivity index is 2.04. The van der Waals surface area contributed by atoms with Gasteiger partial charge in [-0.25, -0.2) is 4.98 Å². The van der Waals surface area contributed by atoms with Crippen LogP contribution in [0.1, 0.15) is 33.0 Å². The van der Waals surface area contributed by atoms with Crippen LogP contribution in [0.4, 0.5) is 0 Å². The van der Waals surface area contributed by atoms with Crippen molar-refractivity contribution in [2.24, 2.45) is 0 Å². The molecule has 0 aromatic carbocycles. The molecule has 5 heteroatoms. The zero-order chi connectivity index (χ0) is 12.7. The van der Waals surface area contributed by atoms with Crippen molar-refractivity contribution in [1.29, 1.82) is 0 Å². The molecule has 1 aromatic heterocycles. The summed E-state index contributed by atoms with van der Waals surface area (Å²) in [5.41, 5.74) is 0. The highest BCUT2D eigenvalue weighted by atomic mass is 32.2. The number of amides is 1. The Bertz CT molecular complexity index is 330. The molecule has 1 heterocycles. The molecule has 0 aliphatic heterocycles. The van der Waals surface area contributed by atoms with Crippen LogP contribution in [-0.2, 0) is 11.2 Å². The number of rotatable bonds is 6. The Morgan fingerprint density at radius 3 is 2.88 bits per heavy atom. The number of aromatic nitrogens is 2. The first-order valence-corrected chi connectivity index (χ1v) is 6.85. The van der Waals surface area contributed by atoms with Crippen LogP contribution in [0, 0.1) is 0 Å². The second-order valence-corrected chi connectivity index (χ2v) is 6.69. The van der Waals surface area contributed by atoms with E-state index in [1.165, 1.54) is 0 Å². The summed E-state index contributed by atoms with van der Waals surface area (Å²) in [6, 6.07) is 0. The maximum atomic E-state index is 11.5. The monoisotopic (exact) mass is 255 g/mol. The van der Waals surface area contributed by atoms with E-state index in [0.717, 1.165) is 18.7 Å². The minimum atomic E-state index is 0.115. The van der Waals surface area contributed by atoms with Crippen molar-refractivity contribution in [3.8, 4) is 0 Å². The summed E-state index contributed by atoms with van der Waals surface area (Å²) in [4.78, 5) is 18.7.